The van der Waals surface area contributed by atoms with Crippen molar-refractivity contribution in [1.82, 2.24) is 4.90 Å². The van der Waals surface area contributed by atoms with Crippen LogP contribution in [0.2, 0.25) is 0 Å². The number of carbonyl (C=O) groups excluding carboxylic acids is 2. The molecule has 2 aromatic carbocycles. The Kier molecular flexibility index (Phi) is 6.28. The lowest BCUT2D eigenvalue weighted by molar-refractivity contribution is -0.0755. The van der Waals surface area contributed by atoms with Crippen LogP contribution < -0.4 is 0 Å². The number of Topliss-reactive ketones (excluding diaryl/α,β-unsaturated/α-hetero) is 1. The number of ketones is 1. The molecule has 1 amide bonds. The van der Waals surface area contributed by atoms with E-state index in [1.807, 2.05) is 36.4 Å². The number of rotatable bonds is 5. The molecular formula is C24H23FN2O4. The molecule has 0 N–H and O–H groups in total. The predicted octanol–water partition coefficient (Wildman–Crippen LogP) is 3.89. The molecule has 2 aromatic rings. The van der Waals surface area contributed by atoms with E-state index in [1.165, 1.54) is 12.1 Å². The molecule has 2 atom stereocenters. The number of morpholine rings is 1. The van der Waals surface area contributed by atoms with Gasteiger partial charge in [0.05, 0.1) is 43.4 Å². The van der Waals surface area contributed by atoms with Crippen LogP contribution in [0.4, 0.5) is 9.18 Å². The molecule has 2 saturated heterocycles. The minimum Gasteiger partial charge on any atom is -0.445 e. The first-order chi connectivity index (χ1) is 15.1. The maximum absolute atomic E-state index is 14.5. The number of halogens is 1. The van der Waals surface area contributed by atoms with Crippen molar-refractivity contribution < 1.29 is 23.5 Å². The summed E-state index contributed by atoms with van der Waals surface area (Å²) in [5, 5.41) is 8.76. The van der Waals surface area contributed by atoms with Gasteiger partial charge in [0.25, 0.3) is 0 Å². The van der Waals surface area contributed by atoms with Crippen LogP contribution in [0, 0.1) is 23.1 Å². The second kappa shape index (κ2) is 9.27. The highest BCUT2D eigenvalue weighted by Crippen LogP contribution is 2.34. The van der Waals surface area contributed by atoms with Gasteiger partial charge in [0.1, 0.15) is 12.4 Å². The third-order valence-corrected chi connectivity index (χ3v) is 5.89. The van der Waals surface area contributed by atoms with Crippen molar-refractivity contribution in [2.75, 3.05) is 13.2 Å². The summed E-state index contributed by atoms with van der Waals surface area (Å²) in [4.78, 5) is 27.5. The number of fused-ring (bicyclic) bond motifs is 2. The van der Waals surface area contributed by atoms with E-state index < -0.39 is 17.8 Å². The van der Waals surface area contributed by atoms with Crippen molar-refractivity contribution in [3.63, 3.8) is 0 Å². The normalized spacial score (nSPS) is 22.5. The Morgan fingerprint density at radius 2 is 1.81 bits per heavy atom. The monoisotopic (exact) mass is 422 g/mol. The van der Waals surface area contributed by atoms with Crippen LogP contribution in [0.15, 0.2) is 48.5 Å². The highest BCUT2D eigenvalue weighted by Gasteiger charge is 2.44. The van der Waals surface area contributed by atoms with Gasteiger partial charge in [0, 0.05) is 5.92 Å². The van der Waals surface area contributed by atoms with E-state index in [9.17, 15) is 14.0 Å². The zero-order valence-corrected chi connectivity index (χ0v) is 17.0. The fraction of sp³-hybridized carbons (Fsp3) is 0.375. The fourth-order valence-electron chi connectivity index (χ4n) is 4.40. The van der Waals surface area contributed by atoms with Crippen molar-refractivity contribution in [3.8, 4) is 6.07 Å². The number of ether oxygens (including phenoxy) is 2. The van der Waals surface area contributed by atoms with Crippen molar-refractivity contribution in [2.24, 2.45) is 5.92 Å². The van der Waals surface area contributed by atoms with Gasteiger partial charge in [-0.25, -0.2) is 9.18 Å². The third kappa shape index (κ3) is 4.59. The van der Waals surface area contributed by atoms with Gasteiger partial charge in [0.15, 0.2) is 5.78 Å². The number of hydrogen-bond donors (Lipinski definition) is 0. The van der Waals surface area contributed by atoms with E-state index in [-0.39, 0.29) is 36.5 Å². The molecule has 160 valence electrons. The maximum Gasteiger partial charge on any atom is 0.410 e. The Morgan fingerprint density at radius 1 is 1.10 bits per heavy atom. The summed E-state index contributed by atoms with van der Waals surface area (Å²) in [7, 11) is 0. The number of nitriles is 1. The summed E-state index contributed by atoms with van der Waals surface area (Å²) >= 11 is 0. The Morgan fingerprint density at radius 3 is 2.45 bits per heavy atom. The molecule has 0 saturated carbocycles. The van der Waals surface area contributed by atoms with Gasteiger partial charge >= 0.3 is 6.09 Å². The summed E-state index contributed by atoms with van der Waals surface area (Å²) in [5.74, 6) is -1.27. The Hall–Kier alpha value is -3.24. The van der Waals surface area contributed by atoms with Crippen LogP contribution in [0.3, 0.4) is 0 Å². The van der Waals surface area contributed by atoms with Gasteiger partial charge in [-0.15, -0.1) is 0 Å². The average Bonchev–Trinajstić information content (AvgIpc) is 2.77. The Balaban J connectivity index is 1.44. The predicted molar refractivity (Wildman–Crippen MR) is 110 cm³/mol. The Labute approximate surface area is 180 Å². The van der Waals surface area contributed by atoms with Crippen LogP contribution in [-0.4, -0.2) is 42.1 Å². The summed E-state index contributed by atoms with van der Waals surface area (Å²) in [6, 6.07) is 15.2. The van der Waals surface area contributed by atoms with Gasteiger partial charge in [-0.05, 0) is 36.1 Å². The first-order valence-corrected chi connectivity index (χ1v) is 10.3. The SMILES string of the molecule is N#CCc1ccc(C(=O)C2CC3COCC(C2)N3C(=O)OCc2ccccc2)c(F)c1. The molecule has 0 radical (unpaired) electrons. The fourth-order valence-corrected chi connectivity index (χ4v) is 4.40. The molecular weight excluding hydrogens is 399 g/mol. The van der Waals surface area contributed by atoms with Crippen molar-refractivity contribution in [1.29, 1.82) is 5.26 Å². The van der Waals surface area contributed by atoms with E-state index >= 15 is 0 Å². The minimum atomic E-state index is -0.608. The van der Waals surface area contributed by atoms with Gasteiger partial charge in [-0.3, -0.25) is 9.69 Å². The van der Waals surface area contributed by atoms with E-state index in [0.717, 1.165) is 5.56 Å². The largest absolute Gasteiger partial charge is 0.445 e. The first kappa shape index (κ1) is 21.0. The summed E-state index contributed by atoms with van der Waals surface area (Å²) in [6.45, 7) is 0.827. The molecule has 6 nitrogen and oxygen atoms in total. The number of amides is 1. The quantitative estimate of drug-likeness (QED) is 0.683. The third-order valence-electron chi connectivity index (χ3n) is 5.89. The molecule has 2 aliphatic heterocycles. The van der Waals surface area contributed by atoms with Crippen LogP contribution in [-0.2, 0) is 22.5 Å². The molecule has 0 spiro atoms. The second-order valence-corrected chi connectivity index (χ2v) is 7.97. The zero-order valence-electron chi connectivity index (χ0n) is 17.0. The molecule has 2 fully saturated rings. The molecule has 4 rings (SSSR count). The average molecular weight is 422 g/mol. The molecule has 2 aliphatic rings. The molecule has 31 heavy (non-hydrogen) atoms. The van der Waals surface area contributed by atoms with Crippen LogP contribution in [0.25, 0.3) is 0 Å². The summed E-state index contributed by atoms with van der Waals surface area (Å²) in [6.07, 6.45) is 0.473. The van der Waals surface area contributed by atoms with Gasteiger partial charge < -0.3 is 9.47 Å². The number of benzene rings is 2. The van der Waals surface area contributed by atoms with Gasteiger partial charge in [-0.2, -0.15) is 5.26 Å². The number of nitrogens with zero attached hydrogens (tertiary/aromatic N) is 2. The number of carbonyl (C=O) groups is 2. The highest BCUT2D eigenvalue weighted by molar-refractivity contribution is 5.98. The highest BCUT2D eigenvalue weighted by atomic mass is 19.1. The van der Waals surface area contributed by atoms with Gasteiger partial charge in [-0.1, -0.05) is 36.4 Å². The topological polar surface area (TPSA) is 79.6 Å². The van der Waals surface area contributed by atoms with Crippen molar-refractivity contribution in [3.05, 3.63) is 71.0 Å². The lowest BCUT2D eigenvalue weighted by Gasteiger charge is -2.47. The number of piperidine rings is 1. The minimum absolute atomic E-state index is 0.0331. The van der Waals surface area contributed by atoms with Crippen molar-refractivity contribution in [2.45, 2.75) is 38.0 Å². The standard InChI is InChI=1S/C24H23FN2O4/c25-22-10-16(8-9-26)6-7-21(22)23(28)18-11-19-14-30-15-20(12-18)27(19)24(29)31-13-17-4-2-1-3-5-17/h1-7,10,18-20H,8,11-15H2. The van der Waals surface area contributed by atoms with Crippen LogP contribution in [0.5, 0.6) is 0 Å². The van der Waals surface area contributed by atoms with E-state index in [0.29, 0.717) is 31.6 Å². The molecule has 7 heteroatoms. The molecule has 2 unspecified atom stereocenters. The van der Waals surface area contributed by atoms with Gasteiger partial charge in [0.2, 0.25) is 0 Å². The van der Waals surface area contributed by atoms with Crippen LogP contribution in [0.1, 0.15) is 34.3 Å². The molecule has 0 aromatic heterocycles. The second-order valence-electron chi connectivity index (χ2n) is 7.97. The first-order valence-electron chi connectivity index (χ1n) is 10.3. The van der Waals surface area contributed by atoms with E-state index in [1.54, 1.807) is 11.0 Å². The summed E-state index contributed by atoms with van der Waals surface area (Å²) in [5.41, 5.74) is 1.47. The van der Waals surface area contributed by atoms with E-state index in [4.69, 9.17) is 14.7 Å². The lowest BCUT2D eigenvalue weighted by Crippen LogP contribution is -2.60. The maximum atomic E-state index is 14.5. The lowest BCUT2D eigenvalue weighted by atomic mass is 9.80. The molecule has 0 aliphatic carbocycles. The zero-order chi connectivity index (χ0) is 21.8. The Bertz CT molecular complexity index is 990. The summed E-state index contributed by atoms with van der Waals surface area (Å²) < 4.78 is 25.6. The number of hydrogen-bond acceptors (Lipinski definition) is 5. The van der Waals surface area contributed by atoms with E-state index in [2.05, 4.69) is 0 Å². The van der Waals surface area contributed by atoms with Crippen LogP contribution >= 0.6 is 0 Å². The molecule has 2 heterocycles. The van der Waals surface area contributed by atoms with Crippen molar-refractivity contribution >= 4 is 11.9 Å². The molecule has 2 bridgehead atoms. The smallest absolute Gasteiger partial charge is 0.410 e.